The van der Waals surface area contributed by atoms with Gasteiger partial charge in [0.25, 0.3) is 0 Å². The number of nitrogens with zero attached hydrogens (tertiary/aromatic N) is 3. The van der Waals surface area contributed by atoms with Crippen LogP contribution in [0.15, 0.2) is 0 Å². The van der Waals surface area contributed by atoms with E-state index < -0.39 is 0 Å². The van der Waals surface area contributed by atoms with Gasteiger partial charge < -0.3 is 0 Å². The Bertz CT molecular complexity index is 169. The Hall–Kier alpha value is -1.37. The third-order valence-electron chi connectivity index (χ3n) is 0.480. The van der Waals surface area contributed by atoms with Crippen LogP contribution in [0, 0.1) is 17.5 Å². The van der Waals surface area contributed by atoms with E-state index in [1.165, 1.54) is 0 Å². The molecule has 1 N–H and O–H groups in total. The van der Waals surface area contributed by atoms with Crippen LogP contribution in [0.25, 0.3) is 0 Å². The number of aromatic amines is 1. The Morgan fingerprint density at radius 2 is 2.71 bits per heavy atom. The standard InChI is InChI=1S/C3HN4/c4-1-3-2-5-7-6-3/h(H,5,6,7). The first-order chi connectivity index (χ1) is 3.43. The Kier molecular flexibility index (Phi) is 0.755. The van der Waals surface area contributed by atoms with Gasteiger partial charge in [0.2, 0.25) is 0 Å². The van der Waals surface area contributed by atoms with Crippen molar-refractivity contribution in [3.8, 4) is 6.07 Å². The average molecular weight is 93.1 g/mol. The second-order valence-corrected chi connectivity index (χ2v) is 0.897. The number of rotatable bonds is 0. The number of H-pyrrole nitrogens is 1. The third-order valence-corrected chi connectivity index (χ3v) is 0.480. The summed E-state index contributed by atoms with van der Waals surface area (Å²) in [5.74, 6) is 0. The van der Waals surface area contributed by atoms with E-state index in [0.717, 1.165) is 0 Å². The fourth-order valence-corrected chi connectivity index (χ4v) is 0.228. The van der Waals surface area contributed by atoms with Crippen molar-refractivity contribution in [1.29, 1.82) is 5.26 Å². The van der Waals surface area contributed by atoms with Gasteiger partial charge in [-0.2, -0.15) is 5.26 Å². The average Bonchev–Trinajstić information content (AvgIpc) is 2.14. The summed E-state index contributed by atoms with van der Waals surface area (Å²) in [6.45, 7) is 0. The Morgan fingerprint density at radius 3 is 3.00 bits per heavy atom. The zero-order valence-corrected chi connectivity index (χ0v) is 3.34. The van der Waals surface area contributed by atoms with Crippen LogP contribution in [0.2, 0.25) is 0 Å². The van der Waals surface area contributed by atoms with Crippen molar-refractivity contribution in [2.45, 2.75) is 0 Å². The molecule has 0 aliphatic heterocycles. The first kappa shape index (κ1) is 3.81. The normalized spacial score (nSPS) is 7.86. The van der Waals surface area contributed by atoms with Gasteiger partial charge in [0, 0.05) is 0 Å². The summed E-state index contributed by atoms with van der Waals surface area (Å²) < 4.78 is 0. The van der Waals surface area contributed by atoms with E-state index >= 15 is 0 Å². The number of hydrogen-bond donors (Lipinski definition) is 1. The van der Waals surface area contributed by atoms with Gasteiger partial charge in [0.15, 0.2) is 5.69 Å². The quantitative estimate of drug-likeness (QED) is 0.469. The second kappa shape index (κ2) is 1.39. The fourth-order valence-electron chi connectivity index (χ4n) is 0.228. The van der Waals surface area contributed by atoms with Gasteiger partial charge in [-0.25, -0.2) is 0 Å². The largest absolute Gasteiger partial charge is 0.254 e. The summed E-state index contributed by atoms with van der Waals surface area (Å²) in [5.41, 5.74) is 0.194. The Morgan fingerprint density at radius 1 is 1.86 bits per heavy atom. The molecule has 4 nitrogen and oxygen atoms in total. The lowest BCUT2D eigenvalue weighted by Crippen LogP contribution is -1.69. The Balaban J connectivity index is 3.04. The fraction of sp³-hybridized carbons (Fsp3) is 0. The summed E-state index contributed by atoms with van der Waals surface area (Å²) >= 11 is 0. The van der Waals surface area contributed by atoms with Crippen molar-refractivity contribution in [1.82, 2.24) is 15.4 Å². The summed E-state index contributed by atoms with van der Waals surface area (Å²) in [6.07, 6.45) is 2.38. The molecular formula is C3HN4. The van der Waals surface area contributed by atoms with E-state index in [4.69, 9.17) is 5.26 Å². The maximum absolute atomic E-state index is 8.02. The molecule has 33 valence electrons. The van der Waals surface area contributed by atoms with Crippen molar-refractivity contribution in [3.05, 3.63) is 11.9 Å². The van der Waals surface area contributed by atoms with Crippen LogP contribution in [0.4, 0.5) is 0 Å². The predicted octanol–water partition coefficient (Wildman–Crippen LogP) is -0.523. The van der Waals surface area contributed by atoms with Gasteiger partial charge in [0.05, 0.1) is 0 Å². The van der Waals surface area contributed by atoms with Gasteiger partial charge in [-0.3, -0.25) is 5.10 Å². The van der Waals surface area contributed by atoms with E-state index in [1.54, 1.807) is 6.07 Å². The molecule has 0 unspecified atom stereocenters. The molecule has 1 heterocycles. The molecule has 0 aromatic carbocycles. The lowest BCUT2D eigenvalue weighted by atomic mass is 10.6. The van der Waals surface area contributed by atoms with Crippen LogP contribution in [-0.4, -0.2) is 15.4 Å². The van der Waals surface area contributed by atoms with Crippen molar-refractivity contribution < 1.29 is 0 Å². The monoisotopic (exact) mass is 93.0 g/mol. The molecule has 0 spiro atoms. The minimum Gasteiger partial charge on any atom is -0.254 e. The maximum atomic E-state index is 8.02. The van der Waals surface area contributed by atoms with E-state index in [0.29, 0.717) is 0 Å². The molecule has 1 rings (SSSR count). The highest BCUT2D eigenvalue weighted by Crippen LogP contribution is 1.77. The molecule has 0 aliphatic carbocycles. The molecule has 0 aliphatic rings. The van der Waals surface area contributed by atoms with Crippen LogP contribution < -0.4 is 0 Å². The van der Waals surface area contributed by atoms with E-state index in [2.05, 4.69) is 21.6 Å². The highest BCUT2D eigenvalue weighted by molar-refractivity contribution is 5.10. The number of aromatic nitrogens is 3. The van der Waals surface area contributed by atoms with Crippen LogP contribution in [0.1, 0.15) is 5.69 Å². The van der Waals surface area contributed by atoms with E-state index in [9.17, 15) is 0 Å². The second-order valence-electron chi connectivity index (χ2n) is 0.897. The Labute approximate surface area is 39.8 Å². The van der Waals surface area contributed by atoms with Crippen LogP contribution >= 0.6 is 0 Å². The van der Waals surface area contributed by atoms with Gasteiger partial charge >= 0.3 is 0 Å². The first-order valence-corrected chi connectivity index (χ1v) is 1.62. The van der Waals surface area contributed by atoms with Crippen LogP contribution in [-0.2, 0) is 0 Å². The van der Waals surface area contributed by atoms with Gasteiger partial charge in [-0.15, -0.1) is 5.10 Å². The summed E-state index contributed by atoms with van der Waals surface area (Å²) in [6, 6.07) is 1.75. The summed E-state index contributed by atoms with van der Waals surface area (Å²) in [5, 5.41) is 16.8. The molecule has 0 saturated carbocycles. The van der Waals surface area contributed by atoms with Crippen molar-refractivity contribution >= 4 is 0 Å². The molecule has 1 aromatic rings. The minimum atomic E-state index is 0.194. The first-order valence-electron chi connectivity index (χ1n) is 1.62. The van der Waals surface area contributed by atoms with Crippen molar-refractivity contribution in [2.24, 2.45) is 0 Å². The zero-order chi connectivity index (χ0) is 5.11. The predicted molar refractivity (Wildman–Crippen MR) is 19.9 cm³/mol. The summed E-state index contributed by atoms with van der Waals surface area (Å²) in [7, 11) is 0. The number of nitriles is 1. The lowest BCUT2D eigenvalue weighted by Gasteiger charge is -1.56. The van der Waals surface area contributed by atoms with Gasteiger partial charge in [-0.1, -0.05) is 5.21 Å². The summed E-state index contributed by atoms with van der Waals surface area (Å²) in [4.78, 5) is 0. The maximum Gasteiger partial charge on any atom is 0.192 e. The number of hydrogen-bond acceptors (Lipinski definition) is 3. The molecule has 0 fully saturated rings. The zero-order valence-electron chi connectivity index (χ0n) is 3.34. The molecular weight excluding hydrogens is 92.1 g/mol. The van der Waals surface area contributed by atoms with Crippen molar-refractivity contribution in [2.75, 3.05) is 0 Å². The highest BCUT2D eigenvalue weighted by Gasteiger charge is 1.86. The molecule has 1 radical (unpaired) electrons. The lowest BCUT2D eigenvalue weighted by molar-refractivity contribution is 0.934. The number of nitrogens with one attached hydrogen (secondary N) is 1. The van der Waals surface area contributed by atoms with Crippen LogP contribution in [0.3, 0.4) is 0 Å². The molecule has 0 atom stereocenters. The van der Waals surface area contributed by atoms with E-state index in [1.807, 2.05) is 0 Å². The molecule has 7 heavy (non-hydrogen) atoms. The van der Waals surface area contributed by atoms with E-state index in [-0.39, 0.29) is 5.69 Å². The van der Waals surface area contributed by atoms with Crippen LogP contribution in [0.5, 0.6) is 0 Å². The van der Waals surface area contributed by atoms with Gasteiger partial charge in [-0.05, 0) is 0 Å². The topological polar surface area (TPSA) is 65.4 Å². The molecule has 0 bridgehead atoms. The third kappa shape index (κ3) is 0.550. The molecule has 4 heteroatoms. The smallest absolute Gasteiger partial charge is 0.192 e. The molecule has 1 aromatic heterocycles. The SMILES string of the molecule is N#Cc1[c][nH]nn1. The molecule has 0 saturated heterocycles. The van der Waals surface area contributed by atoms with Gasteiger partial charge in [0.1, 0.15) is 12.3 Å². The minimum absolute atomic E-state index is 0.194. The van der Waals surface area contributed by atoms with Crippen molar-refractivity contribution in [3.63, 3.8) is 0 Å². The molecule has 0 amide bonds. The highest BCUT2D eigenvalue weighted by atomic mass is 15.3.